The van der Waals surface area contributed by atoms with Crippen molar-refractivity contribution in [2.24, 2.45) is 0 Å². The van der Waals surface area contributed by atoms with Crippen molar-refractivity contribution >= 4 is 27.3 Å². The van der Waals surface area contributed by atoms with Gasteiger partial charge in [0.05, 0.1) is 28.1 Å². The van der Waals surface area contributed by atoms with Crippen LogP contribution in [0.15, 0.2) is 28.9 Å². The van der Waals surface area contributed by atoms with Crippen LogP contribution in [0.5, 0.6) is 0 Å². The summed E-state index contributed by atoms with van der Waals surface area (Å²) in [4.78, 5) is 0. The maximum absolute atomic E-state index is 13.1. The van der Waals surface area contributed by atoms with Gasteiger partial charge in [0, 0.05) is 12.3 Å². The van der Waals surface area contributed by atoms with Crippen LogP contribution in [-0.2, 0) is 6.54 Å². The lowest BCUT2D eigenvalue weighted by molar-refractivity contribution is 0.622. The molecule has 0 spiro atoms. The van der Waals surface area contributed by atoms with Crippen molar-refractivity contribution in [2.75, 3.05) is 11.1 Å². The molecule has 4 N–H and O–H groups in total. The number of rotatable bonds is 3. The number of benzene rings is 1. The van der Waals surface area contributed by atoms with Crippen LogP contribution in [-0.4, -0.2) is 10.2 Å². The first-order valence-electron chi connectivity index (χ1n) is 4.63. The fraction of sp³-hybridized carbons (Fsp3) is 0.100. The van der Waals surface area contributed by atoms with Crippen molar-refractivity contribution in [3.8, 4) is 0 Å². The molecule has 1 aromatic heterocycles. The zero-order valence-electron chi connectivity index (χ0n) is 8.30. The molecular weight excluding hydrogens is 275 g/mol. The molecule has 6 heteroatoms. The topological polar surface area (TPSA) is 66.7 Å². The van der Waals surface area contributed by atoms with Gasteiger partial charge in [0.1, 0.15) is 5.82 Å². The molecule has 16 heavy (non-hydrogen) atoms. The van der Waals surface area contributed by atoms with E-state index in [2.05, 4.69) is 31.4 Å². The summed E-state index contributed by atoms with van der Waals surface area (Å²) in [6.45, 7) is 0.558. The van der Waals surface area contributed by atoms with Gasteiger partial charge in [-0.3, -0.25) is 5.10 Å². The monoisotopic (exact) mass is 284 g/mol. The van der Waals surface area contributed by atoms with Crippen LogP contribution in [0, 0.1) is 5.82 Å². The number of halogens is 2. The zero-order chi connectivity index (χ0) is 11.5. The number of hydrogen-bond acceptors (Lipinski definition) is 3. The number of anilines is 2. The zero-order valence-corrected chi connectivity index (χ0v) is 9.88. The third-order valence-corrected chi connectivity index (χ3v) is 2.73. The molecule has 0 atom stereocenters. The maximum Gasteiger partial charge on any atom is 0.139 e. The summed E-state index contributed by atoms with van der Waals surface area (Å²) in [6, 6.07) is 4.74. The quantitative estimate of drug-likeness (QED) is 0.759. The van der Waals surface area contributed by atoms with Gasteiger partial charge in [-0.15, -0.1) is 0 Å². The molecule has 84 valence electrons. The maximum atomic E-state index is 13.1. The normalized spacial score (nSPS) is 10.4. The molecular formula is C10H10BrFN4. The van der Waals surface area contributed by atoms with E-state index in [1.54, 1.807) is 12.3 Å². The molecule has 0 bridgehead atoms. The highest BCUT2D eigenvalue weighted by Crippen LogP contribution is 2.26. The van der Waals surface area contributed by atoms with Crippen molar-refractivity contribution in [3.05, 3.63) is 40.4 Å². The minimum atomic E-state index is -0.371. The first-order valence-corrected chi connectivity index (χ1v) is 5.43. The number of aromatic amines is 1. The van der Waals surface area contributed by atoms with Crippen LogP contribution in [0.2, 0.25) is 0 Å². The first-order chi connectivity index (χ1) is 7.66. The smallest absolute Gasteiger partial charge is 0.139 e. The van der Waals surface area contributed by atoms with Gasteiger partial charge in [-0.1, -0.05) is 0 Å². The largest absolute Gasteiger partial charge is 0.397 e. The minimum Gasteiger partial charge on any atom is -0.397 e. The highest BCUT2D eigenvalue weighted by atomic mass is 79.9. The average Bonchev–Trinajstić information content (AvgIpc) is 2.74. The Labute approximate surface area is 100 Å². The Morgan fingerprint density at radius 2 is 2.31 bits per heavy atom. The van der Waals surface area contributed by atoms with E-state index in [0.29, 0.717) is 22.4 Å². The predicted octanol–water partition coefficient (Wildman–Crippen LogP) is 2.51. The van der Waals surface area contributed by atoms with E-state index in [0.717, 1.165) is 5.69 Å². The SMILES string of the molecule is Nc1cc(F)c(Br)cc1NCc1ccn[nH]1. The second kappa shape index (κ2) is 4.52. The lowest BCUT2D eigenvalue weighted by atomic mass is 10.2. The number of hydrogen-bond donors (Lipinski definition) is 3. The lowest BCUT2D eigenvalue weighted by Crippen LogP contribution is -2.03. The van der Waals surface area contributed by atoms with Crippen molar-refractivity contribution in [3.63, 3.8) is 0 Å². The predicted molar refractivity (Wildman–Crippen MR) is 64.4 cm³/mol. The molecule has 4 nitrogen and oxygen atoms in total. The van der Waals surface area contributed by atoms with E-state index in [1.807, 2.05) is 6.07 Å². The molecule has 0 amide bonds. The van der Waals surface area contributed by atoms with E-state index < -0.39 is 0 Å². The summed E-state index contributed by atoms with van der Waals surface area (Å²) in [5.41, 5.74) is 7.67. The van der Waals surface area contributed by atoms with Gasteiger partial charge in [-0.25, -0.2) is 4.39 Å². The highest BCUT2D eigenvalue weighted by Gasteiger charge is 2.05. The second-order valence-corrected chi connectivity index (χ2v) is 4.14. The highest BCUT2D eigenvalue weighted by molar-refractivity contribution is 9.10. The van der Waals surface area contributed by atoms with Gasteiger partial charge >= 0.3 is 0 Å². The van der Waals surface area contributed by atoms with Gasteiger partial charge in [0.15, 0.2) is 0 Å². The third kappa shape index (κ3) is 2.33. The Balaban J connectivity index is 2.12. The summed E-state index contributed by atoms with van der Waals surface area (Å²) in [6.07, 6.45) is 1.67. The Kier molecular flexibility index (Phi) is 3.09. The molecule has 0 aliphatic rings. The standard InChI is InChI=1S/C10H10BrFN4/c11-7-3-10(9(13)4-8(7)12)14-5-6-1-2-15-16-6/h1-4,14H,5,13H2,(H,15,16). The van der Waals surface area contributed by atoms with Crippen LogP contribution in [0.25, 0.3) is 0 Å². The van der Waals surface area contributed by atoms with Crippen molar-refractivity contribution in [1.82, 2.24) is 10.2 Å². The van der Waals surface area contributed by atoms with E-state index >= 15 is 0 Å². The Hall–Kier alpha value is -1.56. The number of aromatic nitrogens is 2. The van der Waals surface area contributed by atoms with Crippen molar-refractivity contribution in [1.29, 1.82) is 0 Å². The van der Waals surface area contributed by atoms with Gasteiger partial charge in [-0.2, -0.15) is 5.10 Å². The summed E-state index contributed by atoms with van der Waals surface area (Å²) >= 11 is 3.11. The van der Waals surface area contributed by atoms with Gasteiger partial charge in [0.25, 0.3) is 0 Å². The van der Waals surface area contributed by atoms with E-state index in [1.165, 1.54) is 6.07 Å². The summed E-state index contributed by atoms with van der Waals surface area (Å²) in [7, 11) is 0. The van der Waals surface area contributed by atoms with Crippen LogP contribution >= 0.6 is 15.9 Å². The Morgan fingerprint density at radius 3 is 3.00 bits per heavy atom. The molecule has 0 unspecified atom stereocenters. The number of nitrogens with zero attached hydrogens (tertiary/aromatic N) is 1. The van der Waals surface area contributed by atoms with Crippen LogP contribution in [0.1, 0.15) is 5.69 Å². The average molecular weight is 285 g/mol. The summed E-state index contributed by atoms with van der Waals surface area (Å²) in [5, 5.41) is 9.73. The summed E-state index contributed by atoms with van der Waals surface area (Å²) < 4.78 is 13.5. The molecule has 0 aliphatic carbocycles. The first kappa shape index (κ1) is 10.9. The van der Waals surface area contributed by atoms with E-state index in [-0.39, 0.29) is 5.82 Å². The number of H-pyrrole nitrogens is 1. The van der Waals surface area contributed by atoms with Gasteiger partial charge < -0.3 is 11.1 Å². The molecule has 0 radical (unpaired) electrons. The Bertz CT molecular complexity index is 484. The van der Waals surface area contributed by atoms with E-state index in [9.17, 15) is 4.39 Å². The molecule has 1 aromatic carbocycles. The number of nitrogen functional groups attached to an aromatic ring is 1. The van der Waals surface area contributed by atoms with Crippen molar-refractivity contribution < 1.29 is 4.39 Å². The number of nitrogens with one attached hydrogen (secondary N) is 2. The number of nitrogens with two attached hydrogens (primary N) is 1. The fourth-order valence-corrected chi connectivity index (χ4v) is 1.63. The Morgan fingerprint density at radius 1 is 1.50 bits per heavy atom. The molecule has 1 heterocycles. The molecule has 0 aliphatic heterocycles. The van der Waals surface area contributed by atoms with E-state index in [4.69, 9.17) is 5.73 Å². The van der Waals surface area contributed by atoms with Crippen molar-refractivity contribution in [2.45, 2.75) is 6.54 Å². The molecule has 0 saturated heterocycles. The summed E-state index contributed by atoms with van der Waals surface area (Å²) in [5.74, 6) is -0.371. The van der Waals surface area contributed by atoms with Gasteiger partial charge in [0.2, 0.25) is 0 Å². The lowest BCUT2D eigenvalue weighted by Gasteiger charge is -2.09. The third-order valence-electron chi connectivity index (χ3n) is 2.12. The van der Waals surface area contributed by atoms with Crippen LogP contribution in [0.3, 0.4) is 0 Å². The molecule has 0 fully saturated rings. The van der Waals surface area contributed by atoms with Crippen LogP contribution < -0.4 is 11.1 Å². The van der Waals surface area contributed by atoms with Gasteiger partial charge in [-0.05, 0) is 28.1 Å². The second-order valence-electron chi connectivity index (χ2n) is 3.29. The molecule has 2 rings (SSSR count). The molecule has 0 saturated carbocycles. The minimum absolute atomic E-state index is 0.371. The fourth-order valence-electron chi connectivity index (χ4n) is 1.29. The molecule has 2 aromatic rings. The van der Waals surface area contributed by atoms with Crippen LogP contribution in [0.4, 0.5) is 15.8 Å².